The Labute approximate surface area is 119 Å². The average molecular weight is 291 g/mol. The van der Waals surface area contributed by atoms with Gasteiger partial charge in [-0.25, -0.2) is 0 Å². The molecule has 1 N–H and O–H groups in total. The van der Waals surface area contributed by atoms with Crippen molar-refractivity contribution in [3.8, 4) is 0 Å². The van der Waals surface area contributed by atoms with Crippen LogP contribution in [0.5, 0.6) is 0 Å². The number of nitrogens with one attached hydrogen (secondary N) is 1. The number of nitrogens with zero attached hydrogens (tertiary/aromatic N) is 3. The van der Waals surface area contributed by atoms with Gasteiger partial charge in [-0.15, -0.1) is 10.2 Å². The zero-order valence-corrected chi connectivity index (χ0v) is 11.2. The Morgan fingerprint density at radius 3 is 2.53 bits per heavy atom. The van der Waals surface area contributed by atoms with Crippen molar-refractivity contribution in [1.29, 1.82) is 0 Å². The lowest BCUT2D eigenvalue weighted by atomic mass is 10.1. The van der Waals surface area contributed by atoms with Crippen LogP contribution in [0.15, 0.2) is 42.5 Å². The minimum absolute atomic E-state index is 0.0488. The smallest absolute Gasteiger partial charge is 0.245 e. The van der Waals surface area contributed by atoms with Gasteiger partial charge in [0.2, 0.25) is 5.28 Å². The third kappa shape index (κ3) is 2.59. The molecule has 6 heteroatoms. The van der Waals surface area contributed by atoms with E-state index < -0.39 is 0 Å². The molecule has 0 unspecified atom stereocenters. The molecule has 2 aromatic carbocycles. The molecule has 0 saturated heterocycles. The van der Waals surface area contributed by atoms with Crippen molar-refractivity contribution < 1.29 is 0 Å². The lowest BCUT2D eigenvalue weighted by Crippen LogP contribution is -1.98. The first kappa shape index (κ1) is 12.1. The predicted molar refractivity (Wildman–Crippen MR) is 77.1 cm³/mol. The zero-order chi connectivity index (χ0) is 13.2. The van der Waals surface area contributed by atoms with Gasteiger partial charge in [0.25, 0.3) is 0 Å². The van der Waals surface area contributed by atoms with Crippen molar-refractivity contribution in [2.24, 2.45) is 0 Å². The van der Waals surface area contributed by atoms with Crippen LogP contribution in [-0.4, -0.2) is 15.2 Å². The van der Waals surface area contributed by atoms with Crippen LogP contribution in [0, 0.1) is 0 Å². The van der Waals surface area contributed by atoms with Crippen molar-refractivity contribution in [2.45, 2.75) is 0 Å². The minimum Gasteiger partial charge on any atom is -0.337 e. The van der Waals surface area contributed by atoms with Crippen molar-refractivity contribution in [1.82, 2.24) is 15.2 Å². The van der Waals surface area contributed by atoms with Crippen LogP contribution in [0.25, 0.3) is 10.8 Å². The van der Waals surface area contributed by atoms with Gasteiger partial charge >= 0.3 is 0 Å². The number of hydrogen-bond donors (Lipinski definition) is 1. The summed E-state index contributed by atoms with van der Waals surface area (Å²) in [4.78, 5) is 4.00. The lowest BCUT2D eigenvalue weighted by Gasteiger charge is -2.07. The summed E-state index contributed by atoms with van der Waals surface area (Å²) in [5, 5.41) is 12.8. The maximum atomic E-state index is 5.91. The maximum Gasteiger partial charge on any atom is 0.245 e. The molecule has 0 saturated carbocycles. The van der Waals surface area contributed by atoms with Gasteiger partial charge < -0.3 is 5.32 Å². The third-order valence-electron chi connectivity index (χ3n) is 2.63. The normalized spacial score (nSPS) is 10.6. The van der Waals surface area contributed by atoms with E-state index in [4.69, 9.17) is 23.2 Å². The number of benzene rings is 2. The average Bonchev–Trinajstić information content (AvgIpc) is 2.43. The van der Waals surface area contributed by atoms with Crippen LogP contribution in [0.1, 0.15) is 0 Å². The molecule has 0 aliphatic rings. The number of aromatic nitrogens is 3. The van der Waals surface area contributed by atoms with Crippen molar-refractivity contribution in [2.75, 3.05) is 5.32 Å². The Morgan fingerprint density at radius 1 is 0.895 bits per heavy atom. The Balaban J connectivity index is 1.98. The number of fused-ring (bicyclic) bond motifs is 1. The summed E-state index contributed by atoms with van der Waals surface area (Å²) >= 11 is 11.6. The molecule has 0 radical (unpaired) electrons. The fraction of sp³-hybridized carbons (Fsp3) is 0. The molecule has 0 bridgehead atoms. The summed E-state index contributed by atoms with van der Waals surface area (Å²) in [6.07, 6.45) is 0. The Morgan fingerprint density at radius 2 is 1.68 bits per heavy atom. The van der Waals surface area contributed by atoms with Gasteiger partial charge in [-0.1, -0.05) is 41.9 Å². The quantitative estimate of drug-likeness (QED) is 0.773. The summed E-state index contributed by atoms with van der Waals surface area (Å²) < 4.78 is 0. The van der Waals surface area contributed by atoms with Gasteiger partial charge in [0.05, 0.1) is 0 Å². The molecule has 3 rings (SSSR count). The fourth-order valence-corrected chi connectivity index (χ4v) is 2.03. The van der Waals surface area contributed by atoms with E-state index in [1.807, 2.05) is 36.4 Å². The van der Waals surface area contributed by atoms with Crippen LogP contribution in [0.3, 0.4) is 0 Å². The van der Waals surface area contributed by atoms with Crippen molar-refractivity contribution >= 4 is 45.5 Å². The third-order valence-corrected chi connectivity index (χ3v) is 3.05. The molecular formula is C13H8Cl2N4. The summed E-state index contributed by atoms with van der Waals surface area (Å²) in [7, 11) is 0. The first-order chi connectivity index (χ1) is 9.22. The summed E-state index contributed by atoms with van der Waals surface area (Å²) in [5.41, 5.74) is 0.858. The number of rotatable bonds is 2. The molecule has 0 spiro atoms. The zero-order valence-electron chi connectivity index (χ0n) is 9.64. The highest BCUT2D eigenvalue weighted by Gasteiger charge is 2.06. The summed E-state index contributed by atoms with van der Waals surface area (Å²) in [6.45, 7) is 0. The van der Waals surface area contributed by atoms with E-state index in [2.05, 4.69) is 26.6 Å². The van der Waals surface area contributed by atoms with E-state index in [1.54, 1.807) is 0 Å². The number of hydrogen-bond acceptors (Lipinski definition) is 4. The van der Waals surface area contributed by atoms with E-state index in [9.17, 15) is 0 Å². The van der Waals surface area contributed by atoms with Crippen molar-refractivity contribution in [3.63, 3.8) is 0 Å². The molecule has 0 amide bonds. The van der Waals surface area contributed by atoms with Gasteiger partial charge in [-0.2, -0.15) is 4.98 Å². The first-order valence-corrected chi connectivity index (χ1v) is 6.29. The lowest BCUT2D eigenvalue weighted by molar-refractivity contribution is 0.975. The molecule has 0 aliphatic carbocycles. The summed E-state index contributed by atoms with van der Waals surface area (Å²) in [5.74, 6) is 0.386. The molecule has 0 aliphatic heterocycles. The van der Waals surface area contributed by atoms with Crippen LogP contribution >= 0.6 is 23.2 Å². The minimum atomic E-state index is 0.0488. The van der Waals surface area contributed by atoms with E-state index in [-0.39, 0.29) is 10.4 Å². The Bertz CT molecular complexity index is 746. The maximum absolute atomic E-state index is 5.91. The molecule has 19 heavy (non-hydrogen) atoms. The van der Waals surface area contributed by atoms with Crippen LogP contribution in [0.4, 0.5) is 11.5 Å². The fourth-order valence-electron chi connectivity index (χ4n) is 1.78. The largest absolute Gasteiger partial charge is 0.337 e. The van der Waals surface area contributed by atoms with Gasteiger partial charge in [0.1, 0.15) is 0 Å². The van der Waals surface area contributed by atoms with Crippen LogP contribution in [0.2, 0.25) is 10.4 Å². The van der Waals surface area contributed by atoms with Crippen LogP contribution < -0.4 is 5.32 Å². The topological polar surface area (TPSA) is 50.7 Å². The van der Waals surface area contributed by atoms with Gasteiger partial charge in [0.15, 0.2) is 11.0 Å². The Kier molecular flexibility index (Phi) is 3.19. The molecule has 1 aromatic heterocycles. The van der Waals surface area contributed by atoms with E-state index >= 15 is 0 Å². The SMILES string of the molecule is Clc1nnc(Cl)c(Nc2ccc3ccccc3c2)n1. The highest BCUT2D eigenvalue weighted by Crippen LogP contribution is 2.24. The van der Waals surface area contributed by atoms with Gasteiger partial charge in [-0.05, 0) is 34.5 Å². The highest BCUT2D eigenvalue weighted by atomic mass is 35.5. The monoisotopic (exact) mass is 290 g/mol. The molecule has 94 valence electrons. The second-order valence-corrected chi connectivity index (χ2v) is 4.60. The molecule has 0 fully saturated rings. The second kappa shape index (κ2) is 4.99. The molecule has 3 aromatic rings. The second-order valence-electron chi connectivity index (χ2n) is 3.91. The molecule has 1 heterocycles. The van der Waals surface area contributed by atoms with Crippen LogP contribution in [-0.2, 0) is 0 Å². The number of anilines is 2. The van der Waals surface area contributed by atoms with Gasteiger partial charge in [-0.3, -0.25) is 0 Å². The first-order valence-electron chi connectivity index (χ1n) is 5.54. The molecule has 4 nitrogen and oxygen atoms in total. The standard InChI is InChI=1S/C13H8Cl2N4/c14-11-12(17-13(15)19-18-11)16-10-6-5-8-3-1-2-4-9(8)7-10/h1-7H,(H,16,17,19). The van der Waals surface area contributed by atoms with E-state index in [0.29, 0.717) is 5.82 Å². The molecular weight excluding hydrogens is 283 g/mol. The highest BCUT2D eigenvalue weighted by molar-refractivity contribution is 6.32. The van der Waals surface area contributed by atoms with E-state index in [1.165, 1.54) is 0 Å². The molecule has 0 atom stereocenters. The summed E-state index contributed by atoms with van der Waals surface area (Å²) in [6, 6.07) is 14.0. The van der Waals surface area contributed by atoms with Gasteiger partial charge in [0, 0.05) is 5.69 Å². The predicted octanol–water partition coefficient (Wildman–Crippen LogP) is 4.08. The number of halogens is 2. The Hall–Kier alpha value is -1.91. The van der Waals surface area contributed by atoms with E-state index in [0.717, 1.165) is 16.5 Å². The van der Waals surface area contributed by atoms with Crippen molar-refractivity contribution in [3.05, 3.63) is 52.9 Å².